The molecule has 0 radical (unpaired) electrons. The van der Waals surface area contributed by atoms with E-state index in [-0.39, 0.29) is 0 Å². The van der Waals surface area contributed by atoms with Crippen LogP contribution in [-0.4, -0.2) is 13.3 Å². The van der Waals surface area contributed by atoms with Crippen molar-refractivity contribution in [1.82, 2.24) is 0 Å². The number of rotatable bonds is 3. The Balaban J connectivity index is 3.10. The Morgan fingerprint density at radius 3 is 2.25 bits per heavy atom. The third-order valence-electron chi connectivity index (χ3n) is 2.43. The predicted molar refractivity (Wildman–Crippen MR) is 64.2 cm³/mol. The van der Waals surface area contributed by atoms with Gasteiger partial charge in [0.2, 0.25) is 0 Å². The van der Waals surface area contributed by atoms with Crippen molar-refractivity contribution in [3.8, 4) is 0 Å². The molecular formula is C11H12F3IO. The SMILES string of the molecule is COC(C)(CC(F)(F)F)c1ccccc1I. The molecule has 1 atom stereocenters. The van der Waals surface area contributed by atoms with Gasteiger partial charge in [-0.2, -0.15) is 13.2 Å². The molecule has 5 heteroatoms. The molecule has 0 aromatic heterocycles. The maximum absolute atomic E-state index is 12.5. The molecule has 0 aliphatic carbocycles. The van der Waals surface area contributed by atoms with Crippen LogP contribution in [0.15, 0.2) is 24.3 Å². The molecule has 0 N–H and O–H groups in total. The smallest absolute Gasteiger partial charge is 0.373 e. The summed E-state index contributed by atoms with van der Waals surface area (Å²) in [6.45, 7) is 1.46. The maximum atomic E-state index is 12.5. The van der Waals surface area contributed by atoms with Crippen molar-refractivity contribution in [2.45, 2.75) is 25.1 Å². The van der Waals surface area contributed by atoms with E-state index in [1.165, 1.54) is 14.0 Å². The minimum atomic E-state index is -4.25. The van der Waals surface area contributed by atoms with E-state index in [9.17, 15) is 13.2 Å². The quantitative estimate of drug-likeness (QED) is 0.750. The normalized spacial score (nSPS) is 15.9. The molecule has 90 valence electrons. The van der Waals surface area contributed by atoms with Crippen molar-refractivity contribution < 1.29 is 17.9 Å². The van der Waals surface area contributed by atoms with E-state index in [2.05, 4.69) is 0 Å². The molecule has 1 unspecified atom stereocenters. The monoisotopic (exact) mass is 344 g/mol. The second kappa shape index (κ2) is 4.91. The van der Waals surface area contributed by atoms with Gasteiger partial charge in [0.25, 0.3) is 0 Å². The molecule has 1 nitrogen and oxygen atoms in total. The van der Waals surface area contributed by atoms with Gasteiger partial charge in [-0.25, -0.2) is 0 Å². The third-order valence-corrected chi connectivity index (χ3v) is 3.37. The molecule has 16 heavy (non-hydrogen) atoms. The van der Waals surface area contributed by atoms with Crippen LogP contribution in [0, 0.1) is 3.57 Å². The Bertz CT molecular complexity index is 364. The van der Waals surface area contributed by atoms with E-state index in [1.54, 1.807) is 24.3 Å². The van der Waals surface area contributed by atoms with Gasteiger partial charge in [-0.05, 0) is 41.1 Å². The molecule has 1 aromatic rings. The molecule has 1 aromatic carbocycles. The van der Waals surface area contributed by atoms with Gasteiger partial charge in [-0.1, -0.05) is 18.2 Å². The molecular weight excluding hydrogens is 332 g/mol. The van der Waals surface area contributed by atoms with Gasteiger partial charge in [-0.3, -0.25) is 0 Å². The second-order valence-electron chi connectivity index (χ2n) is 3.71. The lowest BCUT2D eigenvalue weighted by Crippen LogP contribution is -2.32. The Labute approximate surface area is 106 Å². The van der Waals surface area contributed by atoms with Gasteiger partial charge < -0.3 is 4.74 Å². The Kier molecular flexibility index (Phi) is 4.23. The fraction of sp³-hybridized carbons (Fsp3) is 0.455. The summed E-state index contributed by atoms with van der Waals surface area (Å²) >= 11 is 2.01. The van der Waals surface area contributed by atoms with Crippen molar-refractivity contribution in [1.29, 1.82) is 0 Å². The van der Waals surface area contributed by atoms with Gasteiger partial charge in [0.1, 0.15) is 0 Å². The van der Waals surface area contributed by atoms with E-state index in [4.69, 9.17) is 4.74 Å². The summed E-state index contributed by atoms with van der Waals surface area (Å²) in [6.07, 6.45) is -5.24. The number of ether oxygens (including phenoxy) is 1. The first kappa shape index (κ1) is 13.8. The number of alkyl halides is 3. The maximum Gasteiger partial charge on any atom is 0.392 e. The summed E-state index contributed by atoms with van der Waals surface area (Å²) in [6, 6.07) is 6.93. The van der Waals surface area contributed by atoms with Gasteiger partial charge in [-0.15, -0.1) is 0 Å². The highest BCUT2D eigenvalue weighted by molar-refractivity contribution is 14.1. The van der Waals surface area contributed by atoms with Gasteiger partial charge >= 0.3 is 6.18 Å². The van der Waals surface area contributed by atoms with E-state index in [0.29, 0.717) is 5.56 Å². The number of benzene rings is 1. The fourth-order valence-corrected chi connectivity index (χ4v) is 2.51. The Morgan fingerprint density at radius 2 is 1.81 bits per heavy atom. The minimum absolute atomic E-state index is 0.565. The first-order chi connectivity index (χ1) is 7.28. The highest BCUT2D eigenvalue weighted by atomic mass is 127. The van der Waals surface area contributed by atoms with Crippen LogP contribution in [0.25, 0.3) is 0 Å². The van der Waals surface area contributed by atoms with Crippen LogP contribution < -0.4 is 0 Å². The molecule has 0 bridgehead atoms. The van der Waals surface area contributed by atoms with Crippen molar-refractivity contribution in [3.63, 3.8) is 0 Å². The van der Waals surface area contributed by atoms with Crippen LogP contribution in [-0.2, 0) is 10.3 Å². The van der Waals surface area contributed by atoms with Gasteiger partial charge in [0.05, 0.1) is 12.0 Å². The summed E-state index contributed by atoms with van der Waals surface area (Å²) in [4.78, 5) is 0. The highest BCUT2D eigenvalue weighted by Gasteiger charge is 2.41. The lowest BCUT2D eigenvalue weighted by Gasteiger charge is -2.30. The Morgan fingerprint density at radius 1 is 1.25 bits per heavy atom. The zero-order valence-corrected chi connectivity index (χ0v) is 11.1. The second-order valence-corrected chi connectivity index (χ2v) is 4.87. The Hall–Kier alpha value is -0.300. The summed E-state index contributed by atoms with van der Waals surface area (Å²) in [5, 5.41) is 0. The van der Waals surface area contributed by atoms with Crippen LogP contribution in [0.4, 0.5) is 13.2 Å². The molecule has 0 aliphatic rings. The average Bonchev–Trinajstić information content (AvgIpc) is 2.15. The van der Waals surface area contributed by atoms with Crippen molar-refractivity contribution in [2.24, 2.45) is 0 Å². The zero-order valence-electron chi connectivity index (χ0n) is 8.94. The van der Waals surface area contributed by atoms with E-state index in [1.807, 2.05) is 22.6 Å². The lowest BCUT2D eigenvalue weighted by atomic mass is 9.92. The summed E-state index contributed by atoms with van der Waals surface area (Å²) in [5.41, 5.74) is -0.758. The molecule has 0 saturated carbocycles. The molecule has 0 amide bonds. The van der Waals surface area contributed by atoms with Crippen LogP contribution >= 0.6 is 22.6 Å². The van der Waals surface area contributed by atoms with Crippen molar-refractivity contribution >= 4 is 22.6 Å². The topological polar surface area (TPSA) is 9.23 Å². The average molecular weight is 344 g/mol. The molecule has 0 spiro atoms. The molecule has 0 heterocycles. The number of hydrogen-bond donors (Lipinski definition) is 0. The fourth-order valence-electron chi connectivity index (χ4n) is 1.55. The van der Waals surface area contributed by atoms with Crippen LogP contribution in [0.5, 0.6) is 0 Å². The molecule has 0 saturated heterocycles. The highest BCUT2D eigenvalue weighted by Crippen LogP contribution is 2.38. The molecule has 0 fully saturated rings. The number of halogens is 4. The summed E-state index contributed by atoms with van der Waals surface area (Å²) < 4.78 is 43.2. The standard InChI is InChI=1S/C11H12F3IO/c1-10(16-2,7-11(12,13)14)8-5-3-4-6-9(8)15/h3-6H,7H2,1-2H3. The van der Waals surface area contributed by atoms with E-state index in [0.717, 1.165) is 3.57 Å². The number of hydrogen-bond acceptors (Lipinski definition) is 1. The number of methoxy groups -OCH3 is 1. The minimum Gasteiger partial charge on any atom is -0.373 e. The van der Waals surface area contributed by atoms with Gasteiger partial charge in [0.15, 0.2) is 0 Å². The summed E-state index contributed by atoms with van der Waals surface area (Å²) in [7, 11) is 1.30. The summed E-state index contributed by atoms with van der Waals surface area (Å²) in [5.74, 6) is 0. The molecule has 1 rings (SSSR count). The van der Waals surface area contributed by atoms with Crippen molar-refractivity contribution in [2.75, 3.05) is 7.11 Å². The third kappa shape index (κ3) is 3.35. The molecule has 0 aliphatic heterocycles. The van der Waals surface area contributed by atoms with Crippen LogP contribution in [0.2, 0.25) is 0 Å². The lowest BCUT2D eigenvalue weighted by molar-refractivity contribution is -0.181. The van der Waals surface area contributed by atoms with Crippen molar-refractivity contribution in [3.05, 3.63) is 33.4 Å². The largest absolute Gasteiger partial charge is 0.392 e. The first-order valence-corrected chi connectivity index (χ1v) is 5.73. The predicted octanol–water partition coefficient (Wildman–Crippen LogP) is 4.11. The first-order valence-electron chi connectivity index (χ1n) is 4.65. The van der Waals surface area contributed by atoms with E-state index >= 15 is 0 Å². The zero-order chi connectivity index (χ0) is 12.4. The van der Waals surface area contributed by atoms with Crippen LogP contribution in [0.3, 0.4) is 0 Å². The van der Waals surface area contributed by atoms with E-state index < -0.39 is 18.2 Å². The van der Waals surface area contributed by atoms with Crippen LogP contribution in [0.1, 0.15) is 18.9 Å². The van der Waals surface area contributed by atoms with Gasteiger partial charge in [0, 0.05) is 10.7 Å².